The number of ether oxygens (including phenoxy) is 1. The highest BCUT2D eigenvalue weighted by Gasteiger charge is 2.34. The minimum absolute atomic E-state index is 0.292. The van der Waals surface area contributed by atoms with Crippen LogP contribution in [0.4, 0.5) is 0 Å². The molecule has 0 saturated carbocycles. The predicted octanol–water partition coefficient (Wildman–Crippen LogP) is -1.76. The van der Waals surface area contributed by atoms with Gasteiger partial charge in [-0.2, -0.15) is 0 Å². The fourth-order valence-corrected chi connectivity index (χ4v) is 1.45. The van der Waals surface area contributed by atoms with Crippen LogP contribution in [0.3, 0.4) is 0 Å². The summed E-state index contributed by atoms with van der Waals surface area (Å²) in [6.45, 7) is 1.01. The molecule has 15 heavy (non-hydrogen) atoms. The summed E-state index contributed by atoms with van der Waals surface area (Å²) in [6, 6.07) is 0. The van der Waals surface area contributed by atoms with E-state index < -0.39 is 23.7 Å². The van der Waals surface area contributed by atoms with Crippen LogP contribution in [0.5, 0.6) is 0 Å². The maximum Gasteiger partial charge on any atom is 0.214 e. The Hall–Kier alpha value is -0.340. The van der Waals surface area contributed by atoms with Gasteiger partial charge >= 0.3 is 0 Å². The smallest absolute Gasteiger partial charge is 0.214 e. The second-order valence-corrected chi connectivity index (χ2v) is 3.79. The molecule has 0 aromatic heterocycles. The predicted molar refractivity (Wildman–Crippen MR) is 56.2 cm³/mol. The van der Waals surface area contributed by atoms with Gasteiger partial charge in [0.25, 0.3) is 0 Å². The van der Waals surface area contributed by atoms with E-state index in [1.165, 1.54) is 6.92 Å². The Balaban J connectivity index is 0.000000423. The van der Waals surface area contributed by atoms with Crippen molar-refractivity contribution in [2.45, 2.75) is 37.1 Å². The van der Waals surface area contributed by atoms with E-state index in [1.54, 1.807) is 0 Å². The largest absolute Gasteiger partial charge is 0.394 e. The Bertz CT molecular complexity index is 199. The maximum absolute atomic E-state index is 9.22. The molecule has 1 aliphatic rings. The third kappa shape index (κ3) is 5.95. The molecule has 0 bridgehead atoms. The molecule has 0 radical (unpaired) electrons. The monoisotopic (exact) mass is 239 g/mol. The molecule has 0 aromatic rings. The summed E-state index contributed by atoms with van der Waals surface area (Å²) in [5, 5.41) is 27.0. The normalized spacial score (nSPS) is 35.3. The molecule has 1 heterocycles. The molecule has 1 saturated heterocycles. The van der Waals surface area contributed by atoms with E-state index in [0.29, 0.717) is 6.42 Å². The van der Waals surface area contributed by atoms with Crippen LogP contribution in [0.2, 0.25) is 0 Å². The van der Waals surface area contributed by atoms with Crippen LogP contribution in [0.25, 0.3) is 0 Å². The average Bonchev–Trinajstić information content (AvgIpc) is 2.10. The molecule has 6 nitrogen and oxygen atoms in total. The lowest BCUT2D eigenvalue weighted by molar-refractivity contribution is -0.156. The summed E-state index contributed by atoms with van der Waals surface area (Å²) in [4.78, 5) is 9.22. The second-order valence-electron chi connectivity index (χ2n) is 3.22. The van der Waals surface area contributed by atoms with Crippen molar-refractivity contribution >= 4 is 18.5 Å². The molecule has 0 aromatic carbocycles. The molecule has 90 valence electrons. The highest BCUT2D eigenvalue weighted by molar-refractivity contribution is 7.80. The minimum atomic E-state index is -0.997. The highest BCUT2D eigenvalue weighted by Crippen LogP contribution is 2.21. The number of primary amides is 1. The van der Waals surface area contributed by atoms with Crippen LogP contribution in [0.15, 0.2) is 0 Å². The first-order valence-electron chi connectivity index (χ1n) is 4.45. The van der Waals surface area contributed by atoms with Gasteiger partial charge in [-0.05, 0) is 0 Å². The lowest BCUT2D eigenvalue weighted by atomic mass is 10.0. The fourth-order valence-electron chi connectivity index (χ4n) is 1.08. The van der Waals surface area contributed by atoms with Gasteiger partial charge in [0.05, 0.1) is 12.7 Å². The van der Waals surface area contributed by atoms with Gasteiger partial charge in [-0.15, -0.1) is 12.6 Å². The molecule has 0 spiro atoms. The van der Waals surface area contributed by atoms with Crippen LogP contribution in [0.1, 0.15) is 13.3 Å². The number of rotatable bonds is 1. The summed E-state index contributed by atoms with van der Waals surface area (Å²) in [5.74, 6) is -0.333. The van der Waals surface area contributed by atoms with Gasteiger partial charge in [-0.1, -0.05) is 0 Å². The van der Waals surface area contributed by atoms with Crippen molar-refractivity contribution in [3.63, 3.8) is 0 Å². The third-order valence-electron chi connectivity index (χ3n) is 1.73. The van der Waals surface area contributed by atoms with Crippen molar-refractivity contribution in [2.24, 2.45) is 5.73 Å². The van der Waals surface area contributed by atoms with E-state index in [2.05, 4.69) is 18.4 Å². The zero-order chi connectivity index (χ0) is 12.0. The lowest BCUT2D eigenvalue weighted by Crippen LogP contribution is -2.48. The van der Waals surface area contributed by atoms with E-state index in [4.69, 9.17) is 14.9 Å². The topological polar surface area (TPSA) is 113 Å². The Labute approximate surface area is 93.4 Å². The molecule has 4 unspecified atom stereocenters. The number of hydrogen-bond acceptors (Lipinski definition) is 6. The van der Waals surface area contributed by atoms with Gasteiger partial charge in [0, 0.05) is 13.3 Å². The highest BCUT2D eigenvalue weighted by atomic mass is 32.1. The summed E-state index contributed by atoms with van der Waals surface area (Å²) < 4.78 is 5.02. The fraction of sp³-hybridized carbons (Fsp3) is 0.875. The standard InChI is InChI=1S/C6H12O4S.C2H5NO/c7-2-4-6(9)3(8)1-5(11)10-4;1-2(3)4/h3-9,11H,1-2H2;1H3,(H2,3,4). The van der Waals surface area contributed by atoms with E-state index in [9.17, 15) is 9.90 Å². The van der Waals surface area contributed by atoms with Crippen molar-refractivity contribution in [2.75, 3.05) is 6.61 Å². The molecule has 1 fully saturated rings. The van der Waals surface area contributed by atoms with E-state index in [1.807, 2.05) is 0 Å². The number of nitrogens with two attached hydrogens (primary N) is 1. The molecule has 1 aliphatic heterocycles. The molecule has 1 rings (SSSR count). The average molecular weight is 239 g/mol. The van der Waals surface area contributed by atoms with Gasteiger partial charge in [0.1, 0.15) is 17.6 Å². The second kappa shape index (κ2) is 7.02. The molecular formula is C8H17NO5S. The minimum Gasteiger partial charge on any atom is -0.394 e. The van der Waals surface area contributed by atoms with Crippen molar-refractivity contribution in [1.82, 2.24) is 0 Å². The zero-order valence-corrected chi connectivity index (χ0v) is 9.30. The first-order valence-corrected chi connectivity index (χ1v) is 4.96. The van der Waals surface area contributed by atoms with E-state index in [0.717, 1.165) is 0 Å². The number of aliphatic hydroxyl groups is 3. The molecule has 4 atom stereocenters. The van der Waals surface area contributed by atoms with Crippen molar-refractivity contribution in [1.29, 1.82) is 0 Å². The SMILES string of the molecule is CC(N)=O.OCC1OC(S)CC(O)C1O. The van der Waals surface area contributed by atoms with Crippen LogP contribution in [0, 0.1) is 0 Å². The van der Waals surface area contributed by atoms with Gasteiger partial charge in [-0.25, -0.2) is 0 Å². The number of carbonyl (C=O) groups is 1. The van der Waals surface area contributed by atoms with Gasteiger partial charge in [0.15, 0.2) is 0 Å². The van der Waals surface area contributed by atoms with E-state index >= 15 is 0 Å². The third-order valence-corrected chi connectivity index (χ3v) is 2.06. The molecule has 1 amide bonds. The number of thiol groups is 1. The van der Waals surface area contributed by atoms with Gasteiger partial charge in [-0.3, -0.25) is 4.79 Å². The van der Waals surface area contributed by atoms with E-state index in [-0.39, 0.29) is 12.5 Å². The molecule has 7 heteroatoms. The Morgan fingerprint density at radius 1 is 1.60 bits per heavy atom. The number of hydrogen-bond donors (Lipinski definition) is 5. The van der Waals surface area contributed by atoms with Crippen molar-refractivity contribution < 1.29 is 24.9 Å². The zero-order valence-electron chi connectivity index (χ0n) is 8.41. The Morgan fingerprint density at radius 3 is 2.47 bits per heavy atom. The van der Waals surface area contributed by atoms with Crippen LogP contribution < -0.4 is 5.73 Å². The van der Waals surface area contributed by atoms with Crippen LogP contribution in [-0.4, -0.2) is 51.6 Å². The first-order chi connectivity index (χ1) is 6.88. The Kier molecular flexibility index (Phi) is 6.86. The summed E-state index contributed by atoms with van der Waals surface area (Å²) in [7, 11) is 0. The van der Waals surface area contributed by atoms with Gasteiger partial charge < -0.3 is 25.8 Å². The summed E-state index contributed by atoms with van der Waals surface area (Å²) >= 11 is 3.97. The molecule has 5 N–H and O–H groups in total. The first kappa shape index (κ1) is 14.7. The summed E-state index contributed by atoms with van der Waals surface area (Å²) in [5.41, 5.74) is 4.07. The van der Waals surface area contributed by atoms with Gasteiger partial charge in [0.2, 0.25) is 5.91 Å². The quantitative estimate of drug-likeness (QED) is 0.348. The van der Waals surface area contributed by atoms with Crippen molar-refractivity contribution in [3.8, 4) is 0 Å². The number of aliphatic hydroxyl groups excluding tert-OH is 3. The number of carbonyl (C=O) groups excluding carboxylic acids is 1. The summed E-state index contributed by atoms with van der Waals surface area (Å²) in [6.07, 6.45) is -2.26. The van der Waals surface area contributed by atoms with Crippen molar-refractivity contribution in [3.05, 3.63) is 0 Å². The van der Waals surface area contributed by atoms with Crippen LogP contribution >= 0.6 is 12.6 Å². The molecular weight excluding hydrogens is 222 g/mol. The number of amides is 1. The Morgan fingerprint density at radius 2 is 2.07 bits per heavy atom. The lowest BCUT2D eigenvalue weighted by Gasteiger charge is -2.34. The molecule has 0 aliphatic carbocycles. The van der Waals surface area contributed by atoms with Crippen LogP contribution in [-0.2, 0) is 9.53 Å². The maximum atomic E-state index is 9.22.